The smallest absolute Gasteiger partial charge is 0.262 e. The second-order valence-corrected chi connectivity index (χ2v) is 8.58. The van der Waals surface area contributed by atoms with E-state index in [0.29, 0.717) is 17.1 Å². The van der Waals surface area contributed by atoms with Crippen LogP contribution >= 0.6 is 34.7 Å². The van der Waals surface area contributed by atoms with Gasteiger partial charge in [0.05, 0.1) is 23.8 Å². The normalized spacial score (nSPS) is 11.5. The minimum absolute atomic E-state index is 0.0363. The summed E-state index contributed by atoms with van der Waals surface area (Å²) in [5.41, 5.74) is 2.63. The van der Waals surface area contributed by atoms with Gasteiger partial charge in [0.15, 0.2) is 0 Å². The number of benzene rings is 1. The molecule has 0 N–H and O–H groups in total. The Labute approximate surface area is 163 Å². The molecule has 26 heavy (non-hydrogen) atoms. The fraction of sp³-hybridized carbons (Fsp3) is 0.211. The van der Waals surface area contributed by atoms with E-state index in [1.807, 2.05) is 38.3 Å². The third-order valence-electron chi connectivity index (χ3n) is 4.55. The Hall–Kier alpha value is -1.89. The summed E-state index contributed by atoms with van der Waals surface area (Å²) in [6, 6.07) is 8.11. The van der Waals surface area contributed by atoms with Gasteiger partial charge >= 0.3 is 0 Å². The van der Waals surface area contributed by atoms with Gasteiger partial charge < -0.3 is 0 Å². The average Bonchev–Trinajstić information content (AvgIpc) is 2.92. The number of hydrogen-bond acceptors (Lipinski definition) is 5. The van der Waals surface area contributed by atoms with E-state index in [-0.39, 0.29) is 5.56 Å². The van der Waals surface area contributed by atoms with Gasteiger partial charge in [-0.15, -0.1) is 23.1 Å². The van der Waals surface area contributed by atoms with Crippen LogP contribution in [0.2, 0.25) is 5.15 Å². The molecule has 4 rings (SSSR count). The third kappa shape index (κ3) is 2.92. The summed E-state index contributed by atoms with van der Waals surface area (Å²) in [5, 5.41) is 2.12. The summed E-state index contributed by atoms with van der Waals surface area (Å²) < 4.78 is 1.60. The number of thioether (sulfide) groups is 1. The van der Waals surface area contributed by atoms with Gasteiger partial charge in [-0.25, -0.2) is 9.97 Å². The number of fused-ring (bicyclic) bond motifs is 2. The number of nitrogens with zero attached hydrogens (tertiary/aromatic N) is 3. The molecule has 1 aromatic carbocycles. The maximum atomic E-state index is 12.9. The number of thiophene rings is 1. The van der Waals surface area contributed by atoms with Gasteiger partial charge in [0, 0.05) is 20.7 Å². The Kier molecular flexibility index (Phi) is 4.50. The lowest BCUT2D eigenvalue weighted by Gasteiger charge is -2.09. The lowest BCUT2D eigenvalue weighted by Crippen LogP contribution is -2.21. The van der Waals surface area contributed by atoms with Crippen LogP contribution in [0, 0.1) is 13.8 Å². The van der Waals surface area contributed by atoms with Crippen molar-refractivity contribution in [2.24, 2.45) is 0 Å². The van der Waals surface area contributed by atoms with Gasteiger partial charge in [-0.2, -0.15) is 0 Å². The fourth-order valence-corrected chi connectivity index (χ4v) is 4.60. The minimum atomic E-state index is -0.0363. The van der Waals surface area contributed by atoms with E-state index in [1.165, 1.54) is 0 Å². The standard InChI is InChI=1S/C19H16ClN3OS2/c1-10-11(2)26-18-16(10)19(24)23(9-21-18)8-13-6-12-4-5-14(25-3)7-15(12)22-17(13)20/h4-7,9H,8H2,1-3H3. The van der Waals surface area contributed by atoms with E-state index < -0.39 is 0 Å². The van der Waals surface area contributed by atoms with Crippen molar-refractivity contribution in [3.8, 4) is 0 Å². The topological polar surface area (TPSA) is 47.8 Å². The predicted molar refractivity (Wildman–Crippen MR) is 111 cm³/mol. The van der Waals surface area contributed by atoms with Gasteiger partial charge in [0.25, 0.3) is 5.56 Å². The molecule has 0 unspecified atom stereocenters. The van der Waals surface area contributed by atoms with Crippen LogP contribution in [0.15, 0.2) is 40.3 Å². The monoisotopic (exact) mass is 401 g/mol. The van der Waals surface area contributed by atoms with Gasteiger partial charge in [-0.1, -0.05) is 17.7 Å². The Morgan fingerprint density at radius 1 is 1.27 bits per heavy atom. The highest BCUT2D eigenvalue weighted by Gasteiger charge is 2.14. The molecule has 3 heterocycles. The van der Waals surface area contributed by atoms with Gasteiger partial charge in [-0.05, 0) is 43.9 Å². The van der Waals surface area contributed by atoms with Crippen LogP contribution in [0.1, 0.15) is 16.0 Å². The van der Waals surface area contributed by atoms with Crippen molar-refractivity contribution in [2.45, 2.75) is 25.3 Å². The molecule has 4 aromatic rings. The molecule has 0 aliphatic carbocycles. The summed E-state index contributed by atoms with van der Waals surface area (Å²) >= 11 is 9.62. The summed E-state index contributed by atoms with van der Waals surface area (Å²) in [4.78, 5) is 24.9. The number of hydrogen-bond donors (Lipinski definition) is 0. The molecule has 0 aliphatic rings. The lowest BCUT2D eigenvalue weighted by molar-refractivity contribution is 0.747. The highest BCUT2D eigenvalue weighted by molar-refractivity contribution is 7.98. The lowest BCUT2D eigenvalue weighted by atomic mass is 10.1. The molecule has 4 nitrogen and oxygen atoms in total. The second kappa shape index (κ2) is 6.68. The van der Waals surface area contributed by atoms with E-state index in [2.05, 4.69) is 16.0 Å². The van der Waals surface area contributed by atoms with Crippen molar-refractivity contribution in [3.63, 3.8) is 0 Å². The summed E-state index contributed by atoms with van der Waals surface area (Å²) in [5.74, 6) is 0. The zero-order valence-corrected chi connectivity index (χ0v) is 16.9. The van der Waals surface area contributed by atoms with E-state index in [0.717, 1.165) is 36.6 Å². The van der Waals surface area contributed by atoms with E-state index in [9.17, 15) is 4.79 Å². The summed E-state index contributed by atoms with van der Waals surface area (Å²) in [6.45, 7) is 4.33. The van der Waals surface area contributed by atoms with Crippen molar-refractivity contribution in [2.75, 3.05) is 6.26 Å². The highest BCUT2D eigenvalue weighted by atomic mass is 35.5. The maximum Gasteiger partial charge on any atom is 0.262 e. The third-order valence-corrected chi connectivity index (χ3v) is 6.72. The second-order valence-electron chi connectivity index (χ2n) is 6.14. The Morgan fingerprint density at radius 3 is 2.85 bits per heavy atom. The number of pyridine rings is 1. The van der Waals surface area contributed by atoms with Gasteiger partial charge in [-0.3, -0.25) is 9.36 Å². The molecule has 0 atom stereocenters. The van der Waals surface area contributed by atoms with Crippen molar-refractivity contribution in [1.82, 2.24) is 14.5 Å². The van der Waals surface area contributed by atoms with Crippen molar-refractivity contribution >= 4 is 55.8 Å². The van der Waals surface area contributed by atoms with Crippen LogP contribution in [0.4, 0.5) is 0 Å². The van der Waals surface area contributed by atoms with Gasteiger partial charge in [0.2, 0.25) is 0 Å². The fourth-order valence-electron chi connectivity index (χ4n) is 2.97. The quantitative estimate of drug-likeness (QED) is 0.356. The summed E-state index contributed by atoms with van der Waals surface area (Å²) in [7, 11) is 0. The molecule has 3 aromatic heterocycles. The first-order chi connectivity index (χ1) is 12.5. The van der Waals surface area contributed by atoms with Crippen molar-refractivity contribution in [1.29, 1.82) is 0 Å². The molecule has 0 saturated carbocycles. The Balaban J connectivity index is 1.81. The number of rotatable bonds is 3. The van der Waals surface area contributed by atoms with Crippen molar-refractivity contribution < 1.29 is 0 Å². The Bertz CT molecular complexity index is 1210. The zero-order valence-electron chi connectivity index (χ0n) is 14.5. The van der Waals surface area contributed by atoms with Gasteiger partial charge in [0.1, 0.15) is 9.98 Å². The number of halogens is 1. The molecule has 0 aliphatic heterocycles. The minimum Gasteiger partial charge on any atom is -0.294 e. The van der Waals surface area contributed by atoms with E-state index >= 15 is 0 Å². The molecule has 0 radical (unpaired) electrons. The molecular weight excluding hydrogens is 386 g/mol. The first-order valence-corrected chi connectivity index (χ1v) is 10.5. The SMILES string of the molecule is CSc1ccc2cc(Cn3cnc4sc(C)c(C)c4c3=O)c(Cl)nc2c1. The van der Waals surface area contributed by atoms with Crippen LogP contribution in [0.5, 0.6) is 0 Å². The molecule has 0 bridgehead atoms. The first-order valence-electron chi connectivity index (χ1n) is 8.06. The molecule has 0 saturated heterocycles. The number of aromatic nitrogens is 3. The average molecular weight is 402 g/mol. The van der Waals surface area contributed by atoms with Crippen LogP contribution < -0.4 is 5.56 Å². The van der Waals surface area contributed by atoms with Crippen LogP contribution in [-0.4, -0.2) is 20.8 Å². The predicted octanol–water partition coefficient (Wildman–Crippen LogP) is 5.05. The molecule has 132 valence electrons. The van der Waals surface area contributed by atoms with Crippen molar-refractivity contribution in [3.05, 3.63) is 62.1 Å². The summed E-state index contributed by atoms with van der Waals surface area (Å²) in [6.07, 6.45) is 3.62. The highest BCUT2D eigenvalue weighted by Crippen LogP contribution is 2.27. The van der Waals surface area contributed by atoms with Crippen LogP contribution in [0.25, 0.3) is 21.1 Å². The van der Waals surface area contributed by atoms with Crippen LogP contribution in [0.3, 0.4) is 0 Å². The molecule has 7 heteroatoms. The van der Waals surface area contributed by atoms with E-state index in [4.69, 9.17) is 11.6 Å². The maximum absolute atomic E-state index is 12.9. The first kappa shape index (κ1) is 17.5. The number of aryl methyl sites for hydroxylation is 2. The van der Waals surface area contributed by atoms with Crippen LogP contribution in [-0.2, 0) is 6.54 Å². The molecule has 0 amide bonds. The molecule has 0 fully saturated rings. The molecular formula is C19H16ClN3OS2. The Morgan fingerprint density at radius 2 is 2.08 bits per heavy atom. The largest absolute Gasteiger partial charge is 0.294 e. The molecule has 0 spiro atoms. The zero-order chi connectivity index (χ0) is 18.4. The van der Waals surface area contributed by atoms with E-state index in [1.54, 1.807) is 34.0 Å².